The lowest BCUT2D eigenvalue weighted by Gasteiger charge is -2.27. The molecule has 154 valence electrons. The molecule has 1 aromatic carbocycles. The second-order valence-electron chi connectivity index (χ2n) is 6.55. The van der Waals surface area contributed by atoms with Crippen LogP contribution >= 0.6 is 11.8 Å². The predicted octanol–water partition coefficient (Wildman–Crippen LogP) is 2.07. The van der Waals surface area contributed by atoms with E-state index in [0.29, 0.717) is 18.2 Å². The second kappa shape index (κ2) is 9.42. The molecule has 1 aliphatic heterocycles. The van der Waals surface area contributed by atoms with Gasteiger partial charge in [0.1, 0.15) is 12.0 Å². The number of hydrogen-bond donors (Lipinski definition) is 2. The number of benzene rings is 1. The second-order valence-corrected chi connectivity index (χ2v) is 7.57. The molecule has 3 atom stereocenters. The summed E-state index contributed by atoms with van der Waals surface area (Å²) in [7, 11) is 0. The van der Waals surface area contributed by atoms with Crippen LogP contribution in [0.4, 0.5) is 13.2 Å². The zero-order valence-electron chi connectivity index (χ0n) is 14.9. The molecule has 10 heteroatoms. The number of nitrogens with zero attached hydrogens (tertiary/aromatic N) is 1. The van der Waals surface area contributed by atoms with Gasteiger partial charge in [-0.1, -0.05) is 42.1 Å². The minimum atomic E-state index is -4.89. The Morgan fingerprint density at radius 1 is 1.25 bits per heavy atom. The van der Waals surface area contributed by atoms with Crippen LogP contribution in [0.3, 0.4) is 0 Å². The Balaban J connectivity index is 2.01. The van der Waals surface area contributed by atoms with Gasteiger partial charge in [-0.3, -0.25) is 9.59 Å². The van der Waals surface area contributed by atoms with Crippen LogP contribution in [-0.4, -0.2) is 57.6 Å². The van der Waals surface area contributed by atoms with Gasteiger partial charge in [-0.2, -0.15) is 13.2 Å². The van der Waals surface area contributed by atoms with E-state index in [0.717, 1.165) is 10.5 Å². The molecule has 1 aromatic rings. The molecule has 1 heterocycles. The summed E-state index contributed by atoms with van der Waals surface area (Å²) in [5.41, 5.74) is 6.55. The van der Waals surface area contributed by atoms with Gasteiger partial charge >= 0.3 is 12.1 Å². The lowest BCUT2D eigenvalue weighted by molar-refractivity contribution is -0.186. The highest BCUT2D eigenvalue weighted by molar-refractivity contribution is 8.13. The van der Waals surface area contributed by atoms with Crippen LogP contribution in [0.25, 0.3) is 0 Å². The van der Waals surface area contributed by atoms with Crippen molar-refractivity contribution in [2.24, 2.45) is 11.7 Å². The quantitative estimate of drug-likeness (QED) is 0.703. The minimum absolute atomic E-state index is 0.0471. The first-order valence-corrected chi connectivity index (χ1v) is 9.66. The van der Waals surface area contributed by atoms with Crippen LogP contribution in [0.1, 0.15) is 18.4 Å². The van der Waals surface area contributed by atoms with E-state index in [1.54, 1.807) is 30.3 Å². The van der Waals surface area contributed by atoms with E-state index in [4.69, 9.17) is 10.8 Å². The summed E-state index contributed by atoms with van der Waals surface area (Å²) in [6.45, 7) is -0.0471. The normalized spacial score (nSPS) is 19.3. The molecule has 6 nitrogen and oxygen atoms in total. The molecule has 3 N–H and O–H groups in total. The summed E-state index contributed by atoms with van der Waals surface area (Å²) in [6, 6.07) is 6.53. The maximum Gasteiger partial charge on any atom is 0.401 e. The van der Waals surface area contributed by atoms with Crippen molar-refractivity contribution >= 4 is 28.8 Å². The zero-order chi connectivity index (χ0) is 20.9. The Bertz CT molecular complexity index is 715. The van der Waals surface area contributed by atoms with Crippen LogP contribution in [0.2, 0.25) is 0 Å². The fourth-order valence-corrected chi connectivity index (χ4v) is 3.98. The number of likely N-dealkylation sites (tertiary alicyclic amines) is 1. The van der Waals surface area contributed by atoms with Gasteiger partial charge in [0, 0.05) is 12.3 Å². The van der Waals surface area contributed by atoms with Gasteiger partial charge in [-0.05, 0) is 24.8 Å². The third-order valence-electron chi connectivity index (χ3n) is 4.51. The summed E-state index contributed by atoms with van der Waals surface area (Å²) < 4.78 is 40.2. The molecule has 0 aromatic heterocycles. The Hall–Kier alpha value is -2.07. The Labute approximate surface area is 164 Å². The molecule has 1 aliphatic rings. The monoisotopic (exact) mass is 418 g/mol. The number of carboxylic acid groups (broad SMARTS) is 1. The van der Waals surface area contributed by atoms with Crippen molar-refractivity contribution in [3.8, 4) is 0 Å². The number of rotatable bonds is 7. The summed E-state index contributed by atoms with van der Waals surface area (Å²) in [5.74, 6) is -5.92. The van der Waals surface area contributed by atoms with Crippen molar-refractivity contribution in [1.29, 1.82) is 0 Å². The van der Waals surface area contributed by atoms with E-state index in [1.807, 2.05) is 0 Å². The van der Waals surface area contributed by atoms with Crippen LogP contribution in [0, 0.1) is 5.92 Å². The van der Waals surface area contributed by atoms with Crippen molar-refractivity contribution in [1.82, 2.24) is 4.90 Å². The molecule has 1 saturated heterocycles. The van der Waals surface area contributed by atoms with Gasteiger partial charge in [-0.25, -0.2) is 4.79 Å². The van der Waals surface area contributed by atoms with Gasteiger partial charge in [0.15, 0.2) is 0 Å². The highest BCUT2D eigenvalue weighted by Crippen LogP contribution is 2.33. The molecular weight excluding hydrogens is 397 g/mol. The highest BCUT2D eigenvalue weighted by Gasteiger charge is 2.49. The minimum Gasteiger partial charge on any atom is -0.480 e. The number of hydrogen-bond acceptors (Lipinski definition) is 5. The first kappa shape index (κ1) is 22.2. The topological polar surface area (TPSA) is 101 Å². The van der Waals surface area contributed by atoms with E-state index in [1.165, 1.54) is 0 Å². The molecule has 0 saturated carbocycles. The standard InChI is InChI=1S/C18H21F3N2O4S/c19-18(20,21)12(15(24)23-8-4-7-14(23)16(25)26)10-28-17(27)13(22)9-11-5-2-1-3-6-11/h1-3,5-6,12-14H,4,7-10,22H2,(H,25,26)/t12?,13?,14-/m0/s1. The zero-order valence-corrected chi connectivity index (χ0v) is 15.7. The third kappa shape index (κ3) is 5.71. The number of carboxylic acids is 1. The van der Waals surface area contributed by atoms with Crippen molar-refractivity contribution in [3.63, 3.8) is 0 Å². The van der Waals surface area contributed by atoms with Gasteiger partial charge in [0.2, 0.25) is 11.0 Å². The van der Waals surface area contributed by atoms with Crippen LogP contribution in [-0.2, 0) is 20.8 Å². The molecule has 0 spiro atoms. The molecule has 1 amide bonds. The van der Waals surface area contributed by atoms with Crippen molar-refractivity contribution in [3.05, 3.63) is 35.9 Å². The maximum atomic E-state index is 13.4. The molecule has 28 heavy (non-hydrogen) atoms. The third-order valence-corrected chi connectivity index (χ3v) is 5.59. The predicted molar refractivity (Wildman–Crippen MR) is 97.5 cm³/mol. The van der Waals surface area contributed by atoms with Crippen molar-refractivity contribution in [2.75, 3.05) is 12.3 Å². The van der Waals surface area contributed by atoms with E-state index in [-0.39, 0.29) is 19.4 Å². The Kier molecular flexibility index (Phi) is 7.48. The lowest BCUT2D eigenvalue weighted by atomic mass is 10.1. The van der Waals surface area contributed by atoms with Crippen molar-refractivity contribution in [2.45, 2.75) is 37.5 Å². The average Bonchev–Trinajstić information content (AvgIpc) is 3.11. The number of aliphatic carboxylic acids is 1. The van der Waals surface area contributed by atoms with Crippen LogP contribution < -0.4 is 5.73 Å². The maximum absolute atomic E-state index is 13.4. The number of amides is 1. The van der Waals surface area contributed by atoms with Crippen molar-refractivity contribution < 1.29 is 32.7 Å². The van der Waals surface area contributed by atoms with Gasteiger partial charge in [0.25, 0.3) is 0 Å². The highest BCUT2D eigenvalue weighted by atomic mass is 32.2. The largest absolute Gasteiger partial charge is 0.480 e. The first-order valence-electron chi connectivity index (χ1n) is 8.67. The molecule has 0 bridgehead atoms. The van der Waals surface area contributed by atoms with Gasteiger partial charge in [0.05, 0.1) is 6.04 Å². The fourth-order valence-electron chi connectivity index (χ4n) is 3.02. The van der Waals surface area contributed by atoms with Gasteiger partial charge in [-0.15, -0.1) is 0 Å². The number of thioether (sulfide) groups is 1. The van der Waals surface area contributed by atoms with Crippen LogP contribution in [0.5, 0.6) is 0 Å². The van der Waals surface area contributed by atoms with E-state index < -0.39 is 46.9 Å². The summed E-state index contributed by atoms with van der Waals surface area (Å²) in [6.07, 6.45) is -4.29. The number of nitrogens with two attached hydrogens (primary N) is 1. The Morgan fingerprint density at radius 3 is 2.46 bits per heavy atom. The van der Waals surface area contributed by atoms with E-state index >= 15 is 0 Å². The number of carbonyl (C=O) groups excluding carboxylic acids is 2. The first-order chi connectivity index (χ1) is 13.1. The summed E-state index contributed by atoms with van der Waals surface area (Å²) in [4.78, 5) is 36.4. The molecule has 1 fully saturated rings. The fraction of sp³-hybridized carbons (Fsp3) is 0.500. The van der Waals surface area contributed by atoms with E-state index in [2.05, 4.69) is 0 Å². The SMILES string of the molecule is NC(Cc1ccccc1)C(=O)SCC(C(=O)N1CCC[C@H]1C(=O)O)C(F)(F)F. The number of halogens is 3. The molecule has 0 aliphatic carbocycles. The number of carbonyl (C=O) groups is 3. The Morgan fingerprint density at radius 2 is 1.89 bits per heavy atom. The number of alkyl halides is 3. The van der Waals surface area contributed by atoms with E-state index in [9.17, 15) is 27.6 Å². The summed E-state index contributed by atoms with van der Waals surface area (Å²) >= 11 is 0.357. The molecular formula is C18H21F3N2O4S. The van der Waals surface area contributed by atoms with Gasteiger partial charge < -0.3 is 15.7 Å². The van der Waals surface area contributed by atoms with Crippen LogP contribution in [0.15, 0.2) is 30.3 Å². The molecule has 2 rings (SSSR count). The lowest BCUT2D eigenvalue weighted by Crippen LogP contribution is -2.48. The summed E-state index contributed by atoms with van der Waals surface area (Å²) in [5, 5.41) is 8.45. The smallest absolute Gasteiger partial charge is 0.401 e. The molecule has 2 unspecified atom stereocenters. The molecule has 0 radical (unpaired) electrons. The average molecular weight is 418 g/mol.